The van der Waals surface area contributed by atoms with Gasteiger partial charge in [-0.3, -0.25) is 0 Å². The van der Waals surface area contributed by atoms with Gasteiger partial charge in [0.05, 0.1) is 12.3 Å². The molecule has 0 aromatic carbocycles. The first-order chi connectivity index (χ1) is 11.8. The topological polar surface area (TPSA) is 73.2 Å². The van der Waals surface area contributed by atoms with Crippen LogP contribution in [0.2, 0.25) is 0 Å². The second-order valence-corrected chi connectivity index (χ2v) is 6.04. The normalized spacial score (nSPS) is 16.5. The molecule has 0 saturated heterocycles. The highest BCUT2D eigenvalue weighted by atomic mass is 16.5. The Hall–Kier alpha value is -2.12. The molecule has 0 radical (unpaired) electrons. The average Bonchev–Trinajstić information content (AvgIpc) is 2.96. The maximum Gasteiger partial charge on any atom is 0.217 e. The van der Waals surface area contributed by atoms with Crippen LogP contribution in [-0.4, -0.2) is 48.2 Å². The van der Waals surface area contributed by atoms with Gasteiger partial charge in [0.1, 0.15) is 12.4 Å². The van der Waals surface area contributed by atoms with Crippen molar-refractivity contribution in [3.05, 3.63) is 35.7 Å². The van der Waals surface area contributed by atoms with Gasteiger partial charge < -0.3 is 20.1 Å². The van der Waals surface area contributed by atoms with Gasteiger partial charge in [-0.1, -0.05) is 6.07 Å². The van der Waals surface area contributed by atoms with Gasteiger partial charge in [-0.05, 0) is 13.0 Å². The molecule has 7 nitrogen and oxygen atoms in total. The third-order valence-corrected chi connectivity index (χ3v) is 4.03. The zero-order chi connectivity index (χ0) is 16.8. The lowest BCUT2D eigenvalue weighted by Crippen LogP contribution is -2.35. The Morgan fingerprint density at radius 3 is 3.21 bits per heavy atom. The minimum Gasteiger partial charge on any atom is -0.475 e. The quantitative estimate of drug-likeness (QED) is 0.713. The number of nitrogens with zero attached hydrogens (tertiary/aromatic N) is 3. The van der Waals surface area contributed by atoms with Crippen LogP contribution in [0.3, 0.4) is 0 Å². The molecule has 2 aromatic heterocycles. The van der Waals surface area contributed by atoms with E-state index in [9.17, 15) is 0 Å². The third kappa shape index (κ3) is 4.24. The summed E-state index contributed by atoms with van der Waals surface area (Å²) in [6.07, 6.45) is 1.75. The van der Waals surface area contributed by atoms with E-state index in [1.165, 1.54) is 0 Å². The number of anilines is 1. The van der Waals surface area contributed by atoms with E-state index in [1.807, 2.05) is 19.1 Å². The average molecular weight is 331 g/mol. The lowest BCUT2D eigenvalue weighted by atomic mass is 10.1. The van der Waals surface area contributed by atoms with E-state index in [1.54, 1.807) is 13.3 Å². The van der Waals surface area contributed by atoms with Crippen LogP contribution in [-0.2, 0) is 17.8 Å². The lowest BCUT2D eigenvalue weighted by molar-refractivity contribution is 0.143. The molecule has 0 bridgehead atoms. The summed E-state index contributed by atoms with van der Waals surface area (Å²) in [6.45, 7) is 6.64. The van der Waals surface area contributed by atoms with E-state index in [2.05, 4.69) is 31.5 Å². The van der Waals surface area contributed by atoms with E-state index >= 15 is 0 Å². The maximum absolute atomic E-state index is 5.67. The van der Waals surface area contributed by atoms with Gasteiger partial charge in [0.15, 0.2) is 0 Å². The highest BCUT2D eigenvalue weighted by Gasteiger charge is 2.19. The maximum atomic E-state index is 5.67. The largest absolute Gasteiger partial charge is 0.475 e. The van der Waals surface area contributed by atoms with Crippen LogP contribution in [0.15, 0.2) is 24.4 Å². The molecule has 3 rings (SSSR count). The molecule has 7 heteroatoms. The monoisotopic (exact) mass is 331 g/mol. The van der Waals surface area contributed by atoms with Crippen LogP contribution in [0.4, 0.5) is 5.82 Å². The highest BCUT2D eigenvalue weighted by molar-refractivity contribution is 5.38. The zero-order valence-corrected chi connectivity index (χ0v) is 14.3. The van der Waals surface area contributed by atoms with Gasteiger partial charge in [-0.2, -0.15) is 5.10 Å². The predicted octanol–water partition coefficient (Wildman–Crippen LogP) is 1.44. The summed E-state index contributed by atoms with van der Waals surface area (Å²) in [5.41, 5.74) is 2.12. The number of methoxy groups -OCH3 is 1. The molecule has 1 atom stereocenters. The predicted molar refractivity (Wildman–Crippen MR) is 92.3 cm³/mol. The molecule has 130 valence electrons. The number of rotatable bonds is 8. The van der Waals surface area contributed by atoms with Crippen molar-refractivity contribution in [2.75, 3.05) is 38.7 Å². The molecule has 2 aromatic rings. The number of fused-ring (bicyclic) bond motifs is 1. The summed E-state index contributed by atoms with van der Waals surface area (Å²) in [4.78, 5) is 4.30. The molecule has 2 N–H and O–H groups in total. The molecule has 1 aliphatic rings. The Morgan fingerprint density at radius 2 is 2.33 bits per heavy atom. The number of hydrogen-bond donors (Lipinski definition) is 2. The molecule has 0 saturated carbocycles. The summed E-state index contributed by atoms with van der Waals surface area (Å²) in [5, 5.41) is 11.5. The molecular weight excluding hydrogens is 306 g/mol. The van der Waals surface area contributed by atoms with Gasteiger partial charge in [-0.15, -0.1) is 0 Å². The van der Waals surface area contributed by atoms with Crippen molar-refractivity contribution < 1.29 is 9.47 Å². The standard InChI is InChI=1S/C17H25N5O2/c1-13-8-16-20-10-14(12-22(16)21-13)9-18-11-15-4-3-5-19-17(15)24-7-6-23-2/h3-5,8,14,18,20H,6-7,9-12H2,1-2H3/t14-/m1/s1. The number of ether oxygens (including phenoxy) is 2. The fourth-order valence-electron chi connectivity index (χ4n) is 2.84. The van der Waals surface area contributed by atoms with Crippen molar-refractivity contribution in [3.8, 4) is 5.88 Å². The van der Waals surface area contributed by atoms with Crippen LogP contribution in [0.5, 0.6) is 5.88 Å². The zero-order valence-electron chi connectivity index (χ0n) is 14.3. The smallest absolute Gasteiger partial charge is 0.217 e. The van der Waals surface area contributed by atoms with Crippen molar-refractivity contribution in [1.82, 2.24) is 20.1 Å². The molecule has 0 spiro atoms. The number of pyridine rings is 1. The first kappa shape index (κ1) is 16.7. The van der Waals surface area contributed by atoms with Crippen LogP contribution in [0, 0.1) is 12.8 Å². The number of aryl methyl sites for hydroxylation is 1. The van der Waals surface area contributed by atoms with E-state index < -0.39 is 0 Å². The minimum atomic E-state index is 0.506. The van der Waals surface area contributed by atoms with Crippen LogP contribution in [0.1, 0.15) is 11.3 Å². The van der Waals surface area contributed by atoms with Crippen LogP contribution >= 0.6 is 0 Å². The lowest BCUT2D eigenvalue weighted by Gasteiger charge is -2.25. The summed E-state index contributed by atoms with van der Waals surface area (Å²) < 4.78 is 12.7. The van der Waals surface area contributed by atoms with Gasteiger partial charge in [0.25, 0.3) is 0 Å². The van der Waals surface area contributed by atoms with E-state index in [4.69, 9.17) is 9.47 Å². The second-order valence-electron chi connectivity index (χ2n) is 6.04. The highest BCUT2D eigenvalue weighted by Crippen LogP contribution is 2.18. The first-order valence-corrected chi connectivity index (χ1v) is 8.31. The molecular formula is C17H25N5O2. The Labute approximate surface area is 142 Å². The van der Waals surface area contributed by atoms with Gasteiger partial charge in [0, 0.05) is 57.0 Å². The molecule has 3 heterocycles. The molecule has 0 fully saturated rings. The van der Waals surface area contributed by atoms with Crippen molar-refractivity contribution in [1.29, 1.82) is 0 Å². The fourth-order valence-corrected chi connectivity index (χ4v) is 2.84. The molecule has 0 aliphatic carbocycles. The van der Waals surface area contributed by atoms with E-state index in [0.29, 0.717) is 25.0 Å². The Bertz CT molecular complexity index is 658. The summed E-state index contributed by atoms with van der Waals surface area (Å²) in [6, 6.07) is 6.06. The minimum absolute atomic E-state index is 0.506. The fraction of sp³-hybridized carbons (Fsp3) is 0.529. The number of nitrogens with one attached hydrogen (secondary N) is 2. The molecule has 24 heavy (non-hydrogen) atoms. The SMILES string of the molecule is COCCOc1ncccc1CNC[C@@H]1CNc2cc(C)nn2C1. The van der Waals surface area contributed by atoms with Crippen molar-refractivity contribution in [2.45, 2.75) is 20.0 Å². The van der Waals surface area contributed by atoms with Crippen LogP contribution < -0.4 is 15.4 Å². The number of aromatic nitrogens is 3. The number of hydrogen-bond acceptors (Lipinski definition) is 6. The first-order valence-electron chi connectivity index (χ1n) is 8.31. The van der Waals surface area contributed by atoms with Gasteiger partial charge in [-0.25, -0.2) is 9.67 Å². The van der Waals surface area contributed by atoms with E-state index in [0.717, 1.165) is 43.3 Å². The Kier molecular flexibility index (Phi) is 5.66. The molecule has 0 unspecified atom stereocenters. The van der Waals surface area contributed by atoms with Gasteiger partial charge in [0.2, 0.25) is 5.88 Å². The summed E-state index contributed by atoms with van der Waals surface area (Å²) in [7, 11) is 1.66. The molecule has 1 aliphatic heterocycles. The summed E-state index contributed by atoms with van der Waals surface area (Å²) >= 11 is 0. The van der Waals surface area contributed by atoms with Crippen molar-refractivity contribution in [3.63, 3.8) is 0 Å². The van der Waals surface area contributed by atoms with Crippen LogP contribution in [0.25, 0.3) is 0 Å². The third-order valence-electron chi connectivity index (χ3n) is 4.03. The Morgan fingerprint density at radius 1 is 1.42 bits per heavy atom. The Balaban J connectivity index is 1.48. The molecule has 0 amide bonds. The second kappa shape index (κ2) is 8.12. The van der Waals surface area contributed by atoms with Crippen molar-refractivity contribution >= 4 is 5.82 Å². The van der Waals surface area contributed by atoms with Gasteiger partial charge >= 0.3 is 0 Å². The van der Waals surface area contributed by atoms with E-state index in [-0.39, 0.29) is 0 Å². The summed E-state index contributed by atoms with van der Waals surface area (Å²) in [5.74, 6) is 2.30. The van der Waals surface area contributed by atoms with Crippen molar-refractivity contribution in [2.24, 2.45) is 5.92 Å².